The summed E-state index contributed by atoms with van der Waals surface area (Å²) in [6.45, 7) is 3.95. The number of rotatable bonds is 5. The zero-order valence-corrected chi connectivity index (χ0v) is 11.6. The van der Waals surface area contributed by atoms with E-state index in [9.17, 15) is 0 Å². The third-order valence-corrected chi connectivity index (χ3v) is 2.10. The van der Waals surface area contributed by atoms with Crippen LogP contribution in [-0.4, -0.2) is 25.9 Å². The van der Waals surface area contributed by atoms with E-state index in [1.54, 1.807) is 0 Å². The van der Waals surface area contributed by atoms with Gasteiger partial charge in [-0.2, -0.15) is 35.9 Å². The zero-order valence-electron chi connectivity index (χ0n) is 8.74. The summed E-state index contributed by atoms with van der Waals surface area (Å²) in [5.41, 5.74) is 1.36. The van der Waals surface area contributed by atoms with Crippen molar-refractivity contribution in [1.29, 1.82) is 0 Å². The Morgan fingerprint density at radius 3 is 2.57 bits per heavy atom. The molecule has 0 heterocycles. The second-order valence-electron chi connectivity index (χ2n) is 3.14. The Morgan fingerprint density at radius 2 is 2.00 bits per heavy atom. The molecular weight excluding hydrogens is 246 g/mol. The van der Waals surface area contributed by atoms with E-state index in [1.165, 1.54) is 5.56 Å². The van der Waals surface area contributed by atoms with E-state index in [0.717, 1.165) is 25.9 Å². The van der Waals surface area contributed by atoms with Crippen molar-refractivity contribution >= 4 is 7.98 Å². The van der Waals surface area contributed by atoms with Crippen LogP contribution in [0.2, 0.25) is 0 Å². The fourth-order valence-electron chi connectivity index (χ4n) is 1.23. The summed E-state index contributed by atoms with van der Waals surface area (Å²) < 4.78 is 0. The van der Waals surface area contributed by atoms with Gasteiger partial charge in [-0.1, -0.05) is 6.92 Å². The molecule has 0 saturated carbocycles. The predicted octanol–water partition coefficient (Wildman–Crippen LogP) is 1.82. The Bertz CT molecular complexity index is 228. The summed E-state index contributed by atoms with van der Waals surface area (Å²) in [6, 6.07) is 11.1. The molecule has 3 radical (unpaired) electrons. The molecule has 0 bridgehead atoms. The maximum atomic E-state index is 5.66. The number of benzene rings is 1. The van der Waals surface area contributed by atoms with Gasteiger partial charge in [0.15, 0.2) is 7.98 Å². The molecule has 0 aliphatic heterocycles. The van der Waals surface area contributed by atoms with Crippen molar-refractivity contribution in [1.82, 2.24) is 4.81 Å². The van der Waals surface area contributed by atoms with Crippen molar-refractivity contribution in [2.45, 2.75) is 19.8 Å². The van der Waals surface area contributed by atoms with Crippen LogP contribution in [0, 0.1) is 6.07 Å². The van der Waals surface area contributed by atoms with E-state index in [-0.39, 0.29) is 32.7 Å². The van der Waals surface area contributed by atoms with Crippen molar-refractivity contribution in [3.05, 3.63) is 35.9 Å². The van der Waals surface area contributed by atoms with Gasteiger partial charge in [-0.05, 0) is 25.9 Å². The third-order valence-electron chi connectivity index (χ3n) is 2.10. The van der Waals surface area contributed by atoms with Crippen LogP contribution in [0.15, 0.2) is 24.3 Å². The van der Waals surface area contributed by atoms with Crippen molar-refractivity contribution in [2.24, 2.45) is 0 Å². The van der Waals surface area contributed by atoms with Gasteiger partial charge in [-0.3, -0.25) is 0 Å². The molecule has 1 rings (SSSR count). The van der Waals surface area contributed by atoms with E-state index >= 15 is 0 Å². The van der Waals surface area contributed by atoms with Crippen LogP contribution < -0.4 is 0 Å². The minimum absolute atomic E-state index is 0. The first-order valence-corrected chi connectivity index (χ1v) is 4.77. The number of aryl methyl sites for hydroxylation is 1. The minimum Gasteiger partial charge on any atom is -0.354 e. The molecule has 1 nitrogen and oxygen atoms in total. The molecule has 71 valence electrons. The molecule has 14 heavy (non-hydrogen) atoms. The Kier molecular flexibility index (Phi) is 8.86. The Labute approximate surface area is 114 Å². The molecule has 0 fully saturated rings. The Balaban J connectivity index is 0.00000169. The van der Waals surface area contributed by atoms with Crippen LogP contribution in [0.3, 0.4) is 0 Å². The van der Waals surface area contributed by atoms with Gasteiger partial charge in [0, 0.05) is 32.7 Å². The number of nitrogens with zero attached hydrogens (tertiary/aromatic N) is 1. The minimum atomic E-state index is 0. The third kappa shape index (κ3) is 5.95. The summed E-state index contributed by atoms with van der Waals surface area (Å²) >= 11 is 0. The van der Waals surface area contributed by atoms with E-state index in [2.05, 4.69) is 25.1 Å². The maximum absolute atomic E-state index is 5.66. The average molecular weight is 261 g/mol. The summed E-state index contributed by atoms with van der Waals surface area (Å²) in [7, 11) is 5.66. The molecule has 0 spiro atoms. The summed E-state index contributed by atoms with van der Waals surface area (Å²) in [5.74, 6) is 0. The fourth-order valence-corrected chi connectivity index (χ4v) is 1.23. The van der Waals surface area contributed by atoms with Crippen molar-refractivity contribution < 1.29 is 32.7 Å². The first-order chi connectivity index (χ1) is 6.33. The molecule has 0 aliphatic carbocycles. The molecule has 0 N–H and O–H groups in total. The molecule has 0 saturated heterocycles. The molecule has 0 aromatic heterocycles. The number of hydrogen-bond acceptors (Lipinski definition) is 1. The van der Waals surface area contributed by atoms with Crippen LogP contribution >= 0.6 is 0 Å². The van der Waals surface area contributed by atoms with Crippen LogP contribution in [0.25, 0.3) is 0 Å². The molecular formula is C11H15BNY-. The van der Waals surface area contributed by atoms with Crippen molar-refractivity contribution in [3.63, 3.8) is 0 Å². The van der Waals surface area contributed by atoms with Gasteiger partial charge in [-0.15, -0.1) is 0 Å². The van der Waals surface area contributed by atoms with Gasteiger partial charge >= 0.3 is 0 Å². The standard InChI is InChI=1S/C11H15BN.Y/c1-2-13(12)10-6-9-11-7-4-3-5-8-11;/h4-5,7-8H,2,6,9-10H2,1H3;/q-1;. The second kappa shape index (κ2) is 8.64. The maximum Gasteiger partial charge on any atom is 0.182 e. The smallest absolute Gasteiger partial charge is 0.182 e. The average Bonchev–Trinajstić information content (AvgIpc) is 2.19. The normalized spacial score (nSPS) is 9.86. The summed E-state index contributed by atoms with van der Waals surface area (Å²) in [6.07, 6.45) is 2.22. The first kappa shape index (κ1) is 14.3. The van der Waals surface area contributed by atoms with Crippen LogP contribution in [0.4, 0.5) is 0 Å². The van der Waals surface area contributed by atoms with Gasteiger partial charge in [0.1, 0.15) is 0 Å². The summed E-state index contributed by atoms with van der Waals surface area (Å²) in [4.78, 5) is 1.84. The van der Waals surface area contributed by atoms with E-state index < -0.39 is 0 Å². The summed E-state index contributed by atoms with van der Waals surface area (Å²) in [5, 5.41) is 0. The monoisotopic (exact) mass is 261 g/mol. The zero-order chi connectivity index (χ0) is 9.52. The molecule has 1 aromatic carbocycles. The molecule has 0 amide bonds. The van der Waals surface area contributed by atoms with E-state index in [1.807, 2.05) is 16.9 Å². The molecule has 3 heteroatoms. The fraction of sp³-hybridized carbons (Fsp3) is 0.455. The topological polar surface area (TPSA) is 3.24 Å². The van der Waals surface area contributed by atoms with Crippen LogP contribution in [-0.2, 0) is 39.1 Å². The molecule has 0 atom stereocenters. The predicted molar refractivity (Wildman–Crippen MR) is 56.6 cm³/mol. The first-order valence-electron chi connectivity index (χ1n) is 4.77. The van der Waals surface area contributed by atoms with E-state index in [4.69, 9.17) is 7.98 Å². The van der Waals surface area contributed by atoms with Crippen LogP contribution in [0.5, 0.6) is 0 Å². The Morgan fingerprint density at radius 1 is 1.36 bits per heavy atom. The number of hydrogen-bond donors (Lipinski definition) is 0. The van der Waals surface area contributed by atoms with Gasteiger partial charge < -0.3 is 4.81 Å². The van der Waals surface area contributed by atoms with Crippen molar-refractivity contribution in [2.75, 3.05) is 13.1 Å². The van der Waals surface area contributed by atoms with Gasteiger partial charge in [0.2, 0.25) is 0 Å². The van der Waals surface area contributed by atoms with Gasteiger partial charge in [0.05, 0.1) is 0 Å². The second-order valence-corrected chi connectivity index (χ2v) is 3.14. The molecule has 0 unspecified atom stereocenters. The van der Waals surface area contributed by atoms with Crippen LogP contribution in [0.1, 0.15) is 18.9 Å². The van der Waals surface area contributed by atoms with Gasteiger partial charge in [-0.25, -0.2) is 0 Å². The molecule has 1 aromatic rings. The Hall–Kier alpha value is 0.349. The largest absolute Gasteiger partial charge is 0.354 e. The van der Waals surface area contributed by atoms with Gasteiger partial charge in [0.25, 0.3) is 0 Å². The van der Waals surface area contributed by atoms with E-state index in [0.29, 0.717) is 0 Å². The van der Waals surface area contributed by atoms with Crippen molar-refractivity contribution in [3.8, 4) is 0 Å². The SMILES string of the molecule is [B]N(CC)CCCc1cc[c-]cc1.[Y]. The quantitative estimate of drug-likeness (QED) is 0.577. The molecule has 0 aliphatic rings.